The maximum absolute atomic E-state index is 9.51. The van der Waals surface area contributed by atoms with E-state index in [0.29, 0.717) is 25.4 Å². The maximum Gasteiger partial charge on any atom is 0.138 e. The van der Waals surface area contributed by atoms with E-state index in [4.69, 9.17) is 4.74 Å². The molecular weight excluding hydrogens is 208 g/mol. The quantitative estimate of drug-likeness (QED) is 0.646. The number of aromatic nitrogens is 1. The van der Waals surface area contributed by atoms with E-state index in [-0.39, 0.29) is 5.75 Å². The molecule has 16 heavy (non-hydrogen) atoms. The van der Waals surface area contributed by atoms with Crippen LogP contribution in [0.5, 0.6) is 5.75 Å². The second-order valence-electron chi connectivity index (χ2n) is 3.66. The number of nitrogens with one attached hydrogen (secondary N) is 1. The second-order valence-corrected chi connectivity index (χ2v) is 3.66. The van der Waals surface area contributed by atoms with Gasteiger partial charge in [0.1, 0.15) is 5.75 Å². The van der Waals surface area contributed by atoms with Gasteiger partial charge in [-0.3, -0.25) is 4.98 Å². The van der Waals surface area contributed by atoms with Crippen molar-refractivity contribution >= 4 is 0 Å². The zero-order valence-corrected chi connectivity index (χ0v) is 9.60. The smallest absolute Gasteiger partial charge is 0.138 e. The summed E-state index contributed by atoms with van der Waals surface area (Å²) in [6, 6.07) is 3.36. The number of nitrogens with zero attached hydrogens (tertiary/aromatic N) is 1. The third-order valence-electron chi connectivity index (χ3n) is 2.12. The summed E-state index contributed by atoms with van der Waals surface area (Å²) in [4.78, 5) is 4.19. The van der Waals surface area contributed by atoms with Crippen LogP contribution in [-0.4, -0.2) is 41.6 Å². The molecule has 1 aromatic rings. The molecule has 0 radical (unpaired) electrons. The van der Waals surface area contributed by atoms with E-state index >= 15 is 0 Å². The van der Waals surface area contributed by atoms with E-state index < -0.39 is 6.10 Å². The summed E-state index contributed by atoms with van der Waals surface area (Å²) in [6.45, 7) is 2.99. The van der Waals surface area contributed by atoms with E-state index in [9.17, 15) is 10.2 Å². The number of aliphatic hydroxyl groups is 1. The summed E-state index contributed by atoms with van der Waals surface area (Å²) in [5, 5.41) is 21.9. The van der Waals surface area contributed by atoms with Crippen LogP contribution in [0.3, 0.4) is 0 Å². The summed E-state index contributed by atoms with van der Waals surface area (Å²) in [5.74, 6) is 0.166. The lowest BCUT2D eigenvalue weighted by Gasteiger charge is -2.11. The van der Waals surface area contributed by atoms with E-state index in [0.717, 1.165) is 5.69 Å². The summed E-state index contributed by atoms with van der Waals surface area (Å²) in [6.07, 6.45) is -0.544. The minimum atomic E-state index is -0.544. The lowest BCUT2D eigenvalue weighted by Crippen LogP contribution is -2.29. The number of methoxy groups -OCH3 is 1. The number of hydrogen-bond acceptors (Lipinski definition) is 5. The second kappa shape index (κ2) is 6.42. The lowest BCUT2D eigenvalue weighted by atomic mass is 10.2. The Morgan fingerprint density at radius 1 is 1.50 bits per heavy atom. The molecule has 0 fully saturated rings. The zero-order valence-electron chi connectivity index (χ0n) is 9.60. The number of aliphatic hydroxyl groups excluding tert-OH is 1. The standard InChI is InChI=1S/C11H18N2O3/c1-8-3-4-11(15)10(13-8)6-12-5-9(14)7-16-2/h3-4,9,12,14-15H,5-7H2,1-2H3. The average Bonchev–Trinajstić information content (AvgIpc) is 2.23. The molecule has 1 unspecified atom stereocenters. The first-order chi connectivity index (χ1) is 7.63. The van der Waals surface area contributed by atoms with Gasteiger partial charge in [-0.2, -0.15) is 0 Å². The van der Waals surface area contributed by atoms with Gasteiger partial charge < -0.3 is 20.3 Å². The molecule has 0 bridgehead atoms. The SMILES string of the molecule is COCC(O)CNCc1nc(C)ccc1O. The van der Waals surface area contributed by atoms with Gasteiger partial charge in [-0.25, -0.2) is 0 Å². The predicted octanol–water partition coefficient (Wildman–Crippen LogP) is 0.193. The monoisotopic (exact) mass is 226 g/mol. The minimum absolute atomic E-state index is 0.166. The fourth-order valence-corrected chi connectivity index (χ4v) is 1.34. The van der Waals surface area contributed by atoms with Crippen LogP contribution in [0.1, 0.15) is 11.4 Å². The van der Waals surface area contributed by atoms with Crippen LogP contribution < -0.4 is 5.32 Å². The van der Waals surface area contributed by atoms with Crippen molar-refractivity contribution in [2.45, 2.75) is 19.6 Å². The Morgan fingerprint density at radius 3 is 2.94 bits per heavy atom. The third-order valence-corrected chi connectivity index (χ3v) is 2.12. The van der Waals surface area contributed by atoms with E-state index in [1.54, 1.807) is 12.1 Å². The lowest BCUT2D eigenvalue weighted by molar-refractivity contribution is 0.0643. The van der Waals surface area contributed by atoms with Crippen molar-refractivity contribution in [2.75, 3.05) is 20.3 Å². The fourth-order valence-electron chi connectivity index (χ4n) is 1.34. The predicted molar refractivity (Wildman–Crippen MR) is 60.2 cm³/mol. The third kappa shape index (κ3) is 4.14. The molecule has 0 aliphatic heterocycles. The van der Waals surface area contributed by atoms with E-state index in [1.165, 1.54) is 7.11 Å². The Morgan fingerprint density at radius 2 is 2.25 bits per heavy atom. The van der Waals surface area contributed by atoms with Crippen LogP contribution in [0.2, 0.25) is 0 Å². The van der Waals surface area contributed by atoms with Crippen LogP contribution in [0, 0.1) is 6.92 Å². The first kappa shape index (κ1) is 12.9. The molecule has 0 aliphatic carbocycles. The van der Waals surface area contributed by atoms with Crippen LogP contribution in [0.25, 0.3) is 0 Å². The Kier molecular flexibility index (Phi) is 5.18. The summed E-state index contributed by atoms with van der Waals surface area (Å²) >= 11 is 0. The molecule has 1 rings (SSSR count). The maximum atomic E-state index is 9.51. The number of pyridine rings is 1. The van der Waals surface area contributed by atoms with Gasteiger partial charge in [0, 0.05) is 25.9 Å². The fraction of sp³-hybridized carbons (Fsp3) is 0.545. The van der Waals surface area contributed by atoms with Gasteiger partial charge in [0.25, 0.3) is 0 Å². The molecule has 90 valence electrons. The van der Waals surface area contributed by atoms with Crippen molar-refractivity contribution in [1.82, 2.24) is 10.3 Å². The molecule has 1 atom stereocenters. The Hall–Kier alpha value is -1.17. The largest absolute Gasteiger partial charge is 0.506 e. The van der Waals surface area contributed by atoms with Gasteiger partial charge in [-0.1, -0.05) is 0 Å². The van der Waals surface area contributed by atoms with Crippen molar-refractivity contribution in [3.8, 4) is 5.75 Å². The van der Waals surface area contributed by atoms with Crippen LogP contribution in [-0.2, 0) is 11.3 Å². The topological polar surface area (TPSA) is 74.6 Å². The number of ether oxygens (including phenoxy) is 1. The highest BCUT2D eigenvalue weighted by Crippen LogP contribution is 2.13. The van der Waals surface area contributed by atoms with Gasteiger partial charge >= 0.3 is 0 Å². The Bertz CT molecular complexity index is 331. The minimum Gasteiger partial charge on any atom is -0.506 e. The Balaban J connectivity index is 2.39. The van der Waals surface area contributed by atoms with Crippen LogP contribution >= 0.6 is 0 Å². The highest BCUT2D eigenvalue weighted by atomic mass is 16.5. The molecule has 3 N–H and O–H groups in total. The van der Waals surface area contributed by atoms with Crippen molar-refractivity contribution in [3.63, 3.8) is 0 Å². The molecule has 0 amide bonds. The first-order valence-corrected chi connectivity index (χ1v) is 5.16. The number of aryl methyl sites for hydroxylation is 1. The number of rotatable bonds is 6. The van der Waals surface area contributed by atoms with Crippen molar-refractivity contribution < 1.29 is 14.9 Å². The highest BCUT2D eigenvalue weighted by Gasteiger charge is 2.05. The summed E-state index contributed by atoms with van der Waals surface area (Å²) in [5.41, 5.74) is 1.44. The molecule has 1 heterocycles. The molecule has 1 aromatic heterocycles. The zero-order chi connectivity index (χ0) is 12.0. The first-order valence-electron chi connectivity index (χ1n) is 5.16. The number of aromatic hydroxyl groups is 1. The Labute approximate surface area is 95.1 Å². The molecular formula is C11H18N2O3. The van der Waals surface area contributed by atoms with E-state index in [1.807, 2.05) is 6.92 Å². The molecule has 0 saturated carbocycles. The summed E-state index contributed by atoms with van der Waals surface area (Å²) < 4.78 is 4.79. The summed E-state index contributed by atoms with van der Waals surface area (Å²) in [7, 11) is 1.54. The van der Waals surface area contributed by atoms with Gasteiger partial charge in [-0.15, -0.1) is 0 Å². The molecule has 0 aliphatic rings. The molecule has 0 aromatic carbocycles. The van der Waals surface area contributed by atoms with Crippen LogP contribution in [0.4, 0.5) is 0 Å². The molecule has 0 spiro atoms. The normalized spacial score (nSPS) is 12.7. The van der Waals surface area contributed by atoms with Gasteiger partial charge in [0.2, 0.25) is 0 Å². The number of hydrogen-bond donors (Lipinski definition) is 3. The van der Waals surface area contributed by atoms with Crippen molar-refractivity contribution in [1.29, 1.82) is 0 Å². The molecule has 5 nitrogen and oxygen atoms in total. The molecule has 0 saturated heterocycles. The van der Waals surface area contributed by atoms with E-state index in [2.05, 4.69) is 10.3 Å². The van der Waals surface area contributed by atoms with Crippen molar-refractivity contribution in [3.05, 3.63) is 23.5 Å². The van der Waals surface area contributed by atoms with Crippen molar-refractivity contribution in [2.24, 2.45) is 0 Å². The highest BCUT2D eigenvalue weighted by molar-refractivity contribution is 5.27. The van der Waals surface area contributed by atoms with Gasteiger partial charge in [0.05, 0.1) is 18.4 Å². The van der Waals surface area contributed by atoms with Gasteiger partial charge in [-0.05, 0) is 19.1 Å². The average molecular weight is 226 g/mol. The van der Waals surface area contributed by atoms with Gasteiger partial charge in [0.15, 0.2) is 0 Å². The van der Waals surface area contributed by atoms with Crippen LogP contribution in [0.15, 0.2) is 12.1 Å². The molecule has 5 heteroatoms.